The highest BCUT2D eigenvalue weighted by molar-refractivity contribution is 6.07. The van der Waals surface area contributed by atoms with E-state index in [0.29, 0.717) is 5.56 Å². The lowest BCUT2D eigenvalue weighted by molar-refractivity contribution is 0.102. The SMILES string of the molecule is Cc1cc(O)ccc1C(=O)Nc1cccc2c1NCCC2. The molecule has 1 amide bonds. The molecule has 0 saturated heterocycles. The van der Waals surface area contributed by atoms with Gasteiger partial charge in [0.15, 0.2) is 0 Å². The number of carbonyl (C=O) groups excluding carboxylic acids is 1. The number of fused-ring (bicyclic) bond motifs is 1. The van der Waals surface area contributed by atoms with Gasteiger partial charge < -0.3 is 15.7 Å². The van der Waals surface area contributed by atoms with Crippen LogP contribution in [0.4, 0.5) is 11.4 Å². The first-order chi connectivity index (χ1) is 10.1. The molecule has 0 unspecified atom stereocenters. The van der Waals surface area contributed by atoms with Gasteiger partial charge in [0.25, 0.3) is 5.91 Å². The Morgan fingerprint density at radius 1 is 1.29 bits per heavy atom. The van der Waals surface area contributed by atoms with Crippen LogP contribution < -0.4 is 10.6 Å². The highest BCUT2D eigenvalue weighted by Gasteiger charge is 2.15. The van der Waals surface area contributed by atoms with Gasteiger partial charge in [-0.25, -0.2) is 0 Å². The van der Waals surface area contributed by atoms with E-state index in [9.17, 15) is 9.90 Å². The van der Waals surface area contributed by atoms with E-state index < -0.39 is 0 Å². The van der Waals surface area contributed by atoms with Crippen LogP contribution >= 0.6 is 0 Å². The number of benzene rings is 2. The number of rotatable bonds is 2. The first-order valence-electron chi connectivity index (χ1n) is 7.12. The van der Waals surface area contributed by atoms with Crippen LogP contribution in [-0.2, 0) is 6.42 Å². The van der Waals surface area contributed by atoms with Crippen molar-refractivity contribution in [1.29, 1.82) is 0 Å². The second-order valence-corrected chi connectivity index (χ2v) is 5.32. The third-order valence-electron chi connectivity index (χ3n) is 3.78. The highest BCUT2D eigenvalue weighted by atomic mass is 16.3. The average Bonchev–Trinajstić information content (AvgIpc) is 2.47. The first kappa shape index (κ1) is 13.5. The van der Waals surface area contributed by atoms with Gasteiger partial charge in [0.2, 0.25) is 0 Å². The molecule has 4 nitrogen and oxygen atoms in total. The second kappa shape index (κ2) is 5.48. The third kappa shape index (κ3) is 2.70. The van der Waals surface area contributed by atoms with Crippen molar-refractivity contribution in [3.8, 4) is 5.75 Å². The Kier molecular flexibility index (Phi) is 3.52. The van der Waals surface area contributed by atoms with Crippen LogP contribution in [0.5, 0.6) is 5.75 Å². The Labute approximate surface area is 123 Å². The monoisotopic (exact) mass is 282 g/mol. The molecule has 108 valence electrons. The summed E-state index contributed by atoms with van der Waals surface area (Å²) in [5.74, 6) is 0.0103. The van der Waals surface area contributed by atoms with Crippen LogP contribution in [-0.4, -0.2) is 17.6 Å². The van der Waals surface area contributed by atoms with Gasteiger partial charge in [0.05, 0.1) is 11.4 Å². The Balaban J connectivity index is 1.88. The second-order valence-electron chi connectivity index (χ2n) is 5.32. The Morgan fingerprint density at radius 2 is 2.14 bits per heavy atom. The van der Waals surface area contributed by atoms with Crippen molar-refractivity contribution in [3.63, 3.8) is 0 Å². The molecule has 4 heteroatoms. The third-order valence-corrected chi connectivity index (χ3v) is 3.78. The van der Waals surface area contributed by atoms with Crippen molar-refractivity contribution in [2.24, 2.45) is 0 Å². The number of hydrogen-bond donors (Lipinski definition) is 3. The van der Waals surface area contributed by atoms with E-state index in [1.165, 1.54) is 11.6 Å². The topological polar surface area (TPSA) is 61.4 Å². The fraction of sp³-hybridized carbons (Fsp3) is 0.235. The van der Waals surface area contributed by atoms with E-state index in [-0.39, 0.29) is 11.7 Å². The number of carbonyl (C=O) groups is 1. The first-order valence-corrected chi connectivity index (χ1v) is 7.12. The molecule has 21 heavy (non-hydrogen) atoms. The van der Waals surface area contributed by atoms with E-state index in [1.54, 1.807) is 12.1 Å². The molecule has 0 atom stereocenters. The normalized spacial score (nSPS) is 13.2. The predicted octanol–water partition coefficient (Wildman–Crippen LogP) is 3.31. The quantitative estimate of drug-likeness (QED) is 0.792. The summed E-state index contributed by atoms with van der Waals surface area (Å²) < 4.78 is 0. The van der Waals surface area contributed by atoms with Gasteiger partial charge in [-0.05, 0) is 55.2 Å². The molecule has 0 fully saturated rings. The minimum absolute atomic E-state index is 0.159. The number of amides is 1. The van der Waals surface area contributed by atoms with E-state index >= 15 is 0 Å². The molecule has 0 saturated carbocycles. The molecule has 3 N–H and O–H groups in total. The van der Waals surface area contributed by atoms with E-state index in [2.05, 4.69) is 16.7 Å². The van der Waals surface area contributed by atoms with Crippen molar-refractivity contribution < 1.29 is 9.90 Å². The van der Waals surface area contributed by atoms with E-state index in [0.717, 1.165) is 36.3 Å². The number of hydrogen-bond acceptors (Lipinski definition) is 3. The maximum absolute atomic E-state index is 12.4. The summed E-state index contributed by atoms with van der Waals surface area (Å²) >= 11 is 0. The predicted molar refractivity (Wildman–Crippen MR) is 84.0 cm³/mol. The van der Waals surface area contributed by atoms with Crippen LogP contribution in [0, 0.1) is 6.92 Å². The van der Waals surface area contributed by atoms with Gasteiger partial charge in [-0.15, -0.1) is 0 Å². The molecule has 1 aliphatic rings. The molecule has 1 heterocycles. The molecule has 0 bridgehead atoms. The minimum Gasteiger partial charge on any atom is -0.508 e. The maximum Gasteiger partial charge on any atom is 0.255 e. The van der Waals surface area contributed by atoms with Crippen molar-refractivity contribution in [2.45, 2.75) is 19.8 Å². The lowest BCUT2D eigenvalue weighted by atomic mass is 10.0. The molecular weight excluding hydrogens is 264 g/mol. The van der Waals surface area contributed by atoms with Gasteiger partial charge in [-0.3, -0.25) is 4.79 Å². The average molecular weight is 282 g/mol. The zero-order chi connectivity index (χ0) is 14.8. The minimum atomic E-state index is -0.159. The molecule has 3 rings (SSSR count). The summed E-state index contributed by atoms with van der Waals surface area (Å²) in [6.45, 7) is 2.74. The fourth-order valence-corrected chi connectivity index (χ4v) is 2.71. The van der Waals surface area contributed by atoms with Crippen LogP contribution in [0.2, 0.25) is 0 Å². The zero-order valence-corrected chi connectivity index (χ0v) is 11.9. The van der Waals surface area contributed by atoms with Gasteiger partial charge in [-0.1, -0.05) is 12.1 Å². The smallest absolute Gasteiger partial charge is 0.255 e. The summed E-state index contributed by atoms with van der Waals surface area (Å²) in [6, 6.07) is 10.7. The highest BCUT2D eigenvalue weighted by Crippen LogP contribution is 2.30. The molecule has 0 aliphatic carbocycles. The summed E-state index contributed by atoms with van der Waals surface area (Å²) in [4.78, 5) is 12.4. The lowest BCUT2D eigenvalue weighted by Gasteiger charge is -2.21. The van der Waals surface area contributed by atoms with Crippen LogP contribution in [0.15, 0.2) is 36.4 Å². The molecule has 1 aliphatic heterocycles. The van der Waals surface area contributed by atoms with Gasteiger partial charge in [-0.2, -0.15) is 0 Å². The van der Waals surface area contributed by atoms with Crippen LogP contribution in [0.1, 0.15) is 27.9 Å². The van der Waals surface area contributed by atoms with Gasteiger partial charge in [0, 0.05) is 12.1 Å². The van der Waals surface area contributed by atoms with Gasteiger partial charge >= 0.3 is 0 Å². The summed E-state index contributed by atoms with van der Waals surface area (Å²) in [5, 5.41) is 15.7. The molecule has 2 aromatic rings. The van der Waals surface area contributed by atoms with Crippen molar-refractivity contribution in [1.82, 2.24) is 0 Å². The number of nitrogens with one attached hydrogen (secondary N) is 2. The number of para-hydroxylation sites is 1. The maximum atomic E-state index is 12.4. The Bertz CT molecular complexity index is 695. The summed E-state index contributed by atoms with van der Waals surface area (Å²) in [6.07, 6.45) is 2.14. The standard InChI is InChI=1S/C17H18N2O2/c1-11-10-13(20)7-8-14(11)17(21)19-15-6-2-4-12-5-3-9-18-16(12)15/h2,4,6-8,10,18,20H,3,5,9H2,1H3,(H,19,21). The molecular formula is C17H18N2O2. The van der Waals surface area contributed by atoms with E-state index in [1.807, 2.05) is 19.1 Å². The van der Waals surface area contributed by atoms with Crippen molar-refractivity contribution >= 4 is 17.3 Å². The number of phenolic OH excluding ortho intramolecular Hbond substituents is 1. The Hall–Kier alpha value is -2.49. The number of aromatic hydroxyl groups is 1. The summed E-state index contributed by atoms with van der Waals surface area (Å²) in [7, 11) is 0. The van der Waals surface area contributed by atoms with Gasteiger partial charge in [0.1, 0.15) is 5.75 Å². The molecule has 0 radical (unpaired) electrons. The zero-order valence-electron chi connectivity index (χ0n) is 11.9. The molecule has 0 spiro atoms. The molecule has 0 aromatic heterocycles. The number of aryl methyl sites for hydroxylation is 2. The Morgan fingerprint density at radius 3 is 2.95 bits per heavy atom. The van der Waals surface area contributed by atoms with Crippen LogP contribution in [0.25, 0.3) is 0 Å². The van der Waals surface area contributed by atoms with Crippen LogP contribution in [0.3, 0.4) is 0 Å². The van der Waals surface area contributed by atoms with Crippen molar-refractivity contribution in [3.05, 3.63) is 53.1 Å². The summed E-state index contributed by atoms with van der Waals surface area (Å²) in [5.41, 5.74) is 4.39. The largest absolute Gasteiger partial charge is 0.508 e. The number of anilines is 2. The fourth-order valence-electron chi connectivity index (χ4n) is 2.71. The molecule has 2 aromatic carbocycles. The number of phenols is 1. The van der Waals surface area contributed by atoms with Crippen molar-refractivity contribution in [2.75, 3.05) is 17.2 Å². The van der Waals surface area contributed by atoms with E-state index in [4.69, 9.17) is 0 Å². The lowest BCUT2D eigenvalue weighted by Crippen LogP contribution is -2.18.